The molecule has 1 aromatic carbocycles. The molecular weight excluding hydrogens is 283 g/mol. The number of rotatable bonds is 3. The molecule has 20 heavy (non-hydrogen) atoms. The van der Waals surface area contributed by atoms with Gasteiger partial charge in [-0.25, -0.2) is 9.37 Å². The molecule has 0 saturated heterocycles. The number of nitrogens with zero attached hydrogens (tertiary/aromatic N) is 1. The largest absolute Gasteiger partial charge is 0.392 e. The Morgan fingerprint density at radius 2 is 2.15 bits per heavy atom. The fourth-order valence-electron chi connectivity index (χ4n) is 1.85. The summed E-state index contributed by atoms with van der Waals surface area (Å²) in [6.45, 7) is 1.07. The van der Waals surface area contributed by atoms with Crippen molar-refractivity contribution in [1.29, 1.82) is 0 Å². The molecule has 1 amide bonds. The standard InChI is InChI=1S/C14H12ClFN2O2/c1-8(20)18-14-5-12(13(16)6-17-14)11-3-2-10(15)4-9(11)7-19/h2-6,19H,7H2,1H3,(H,17,18,20). The van der Waals surface area contributed by atoms with Crippen LogP contribution in [-0.2, 0) is 11.4 Å². The third kappa shape index (κ3) is 3.12. The maximum atomic E-state index is 13.9. The van der Waals surface area contributed by atoms with E-state index in [0.29, 0.717) is 16.1 Å². The zero-order valence-corrected chi connectivity index (χ0v) is 11.4. The quantitative estimate of drug-likeness (QED) is 0.915. The first kappa shape index (κ1) is 14.4. The van der Waals surface area contributed by atoms with Crippen molar-refractivity contribution in [3.8, 4) is 11.1 Å². The van der Waals surface area contributed by atoms with Gasteiger partial charge in [-0.15, -0.1) is 0 Å². The molecule has 2 aromatic rings. The third-order valence-electron chi connectivity index (χ3n) is 2.69. The molecule has 1 heterocycles. The summed E-state index contributed by atoms with van der Waals surface area (Å²) in [7, 11) is 0. The lowest BCUT2D eigenvalue weighted by atomic mass is 10.0. The number of hydrogen-bond donors (Lipinski definition) is 2. The molecule has 0 aliphatic heterocycles. The van der Waals surface area contributed by atoms with Crippen LogP contribution in [0.5, 0.6) is 0 Å². The minimum absolute atomic E-state index is 0.240. The Balaban J connectivity index is 2.54. The highest BCUT2D eigenvalue weighted by Crippen LogP contribution is 2.29. The first-order valence-electron chi connectivity index (χ1n) is 5.84. The van der Waals surface area contributed by atoms with Gasteiger partial charge in [-0.05, 0) is 29.3 Å². The number of aromatic nitrogens is 1. The van der Waals surface area contributed by atoms with Gasteiger partial charge in [-0.2, -0.15) is 0 Å². The van der Waals surface area contributed by atoms with Crippen LogP contribution in [0, 0.1) is 5.82 Å². The van der Waals surface area contributed by atoms with E-state index in [1.54, 1.807) is 18.2 Å². The summed E-state index contributed by atoms with van der Waals surface area (Å²) in [5.74, 6) is -0.600. The Morgan fingerprint density at radius 1 is 1.40 bits per heavy atom. The van der Waals surface area contributed by atoms with Gasteiger partial charge in [0.25, 0.3) is 0 Å². The van der Waals surface area contributed by atoms with Crippen LogP contribution in [0.3, 0.4) is 0 Å². The van der Waals surface area contributed by atoms with Gasteiger partial charge in [-0.1, -0.05) is 17.7 Å². The number of aliphatic hydroxyl groups is 1. The summed E-state index contributed by atoms with van der Waals surface area (Å²) < 4.78 is 13.9. The molecular formula is C14H12ClFN2O2. The molecule has 2 N–H and O–H groups in total. The SMILES string of the molecule is CC(=O)Nc1cc(-c2ccc(Cl)cc2CO)c(F)cn1. The highest BCUT2D eigenvalue weighted by atomic mass is 35.5. The zero-order valence-electron chi connectivity index (χ0n) is 10.7. The van der Waals surface area contributed by atoms with Crippen LogP contribution in [0.1, 0.15) is 12.5 Å². The maximum Gasteiger partial charge on any atom is 0.222 e. The van der Waals surface area contributed by atoms with E-state index >= 15 is 0 Å². The van der Waals surface area contributed by atoms with E-state index in [1.807, 2.05) is 0 Å². The van der Waals surface area contributed by atoms with Gasteiger partial charge in [0.05, 0.1) is 12.8 Å². The van der Waals surface area contributed by atoms with E-state index in [2.05, 4.69) is 10.3 Å². The molecule has 0 bridgehead atoms. The fourth-order valence-corrected chi connectivity index (χ4v) is 2.04. The average Bonchev–Trinajstić information content (AvgIpc) is 2.40. The molecule has 0 radical (unpaired) electrons. The van der Waals surface area contributed by atoms with Crippen molar-refractivity contribution in [2.24, 2.45) is 0 Å². The summed E-state index contributed by atoms with van der Waals surface area (Å²) in [5, 5.41) is 12.3. The monoisotopic (exact) mass is 294 g/mol. The number of nitrogens with one attached hydrogen (secondary N) is 1. The summed E-state index contributed by atoms with van der Waals surface area (Å²) in [4.78, 5) is 14.8. The Labute approximate surface area is 120 Å². The number of hydrogen-bond acceptors (Lipinski definition) is 3. The molecule has 2 rings (SSSR count). The molecule has 6 heteroatoms. The molecule has 0 unspecified atom stereocenters. The number of anilines is 1. The van der Waals surface area contributed by atoms with Crippen LogP contribution in [0.2, 0.25) is 5.02 Å². The lowest BCUT2D eigenvalue weighted by Gasteiger charge is -2.10. The second-order valence-corrected chi connectivity index (χ2v) is 4.63. The molecule has 1 aromatic heterocycles. The number of carbonyl (C=O) groups is 1. The molecule has 0 aliphatic rings. The van der Waals surface area contributed by atoms with Gasteiger partial charge in [-0.3, -0.25) is 4.79 Å². The highest BCUT2D eigenvalue weighted by molar-refractivity contribution is 6.30. The minimum Gasteiger partial charge on any atom is -0.392 e. The van der Waals surface area contributed by atoms with E-state index in [9.17, 15) is 14.3 Å². The average molecular weight is 295 g/mol. The lowest BCUT2D eigenvalue weighted by molar-refractivity contribution is -0.114. The Hall–Kier alpha value is -1.98. The zero-order chi connectivity index (χ0) is 14.7. The van der Waals surface area contributed by atoms with Gasteiger partial charge < -0.3 is 10.4 Å². The first-order chi connectivity index (χ1) is 9.51. The summed E-state index contributed by atoms with van der Waals surface area (Å²) in [5.41, 5.74) is 1.24. The van der Waals surface area contributed by atoms with Crippen molar-refractivity contribution in [3.05, 3.63) is 46.9 Å². The van der Waals surface area contributed by atoms with E-state index in [4.69, 9.17) is 11.6 Å². The lowest BCUT2D eigenvalue weighted by Crippen LogP contribution is -2.08. The summed E-state index contributed by atoms with van der Waals surface area (Å²) in [6.07, 6.45) is 1.02. The summed E-state index contributed by atoms with van der Waals surface area (Å²) >= 11 is 5.85. The van der Waals surface area contributed by atoms with Crippen molar-refractivity contribution in [2.45, 2.75) is 13.5 Å². The van der Waals surface area contributed by atoms with E-state index in [-0.39, 0.29) is 23.9 Å². The molecule has 0 fully saturated rings. The van der Waals surface area contributed by atoms with E-state index < -0.39 is 5.82 Å². The molecule has 0 aliphatic carbocycles. The number of aliphatic hydroxyl groups excluding tert-OH is 1. The Bertz CT molecular complexity index is 662. The molecule has 0 atom stereocenters. The van der Waals surface area contributed by atoms with Crippen LogP contribution >= 0.6 is 11.6 Å². The summed E-state index contributed by atoms with van der Waals surface area (Å²) in [6, 6.07) is 6.20. The maximum absolute atomic E-state index is 13.9. The molecule has 4 nitrogen and oxygen atoms in total. The van der Waals surface area contributed by atoms with E-state index in [0.717, 1.165) is 6.20 Å². The van der Waals surface area contributed by atoms with Crippen molar-refractivity contribution < 1.29 is 14.3 Å². The van der Waals surface area contributed by atoms with Crippen LogP contribution in [0.25, 0.3) is 11.1 Å². The fraction of sp³-hybridized carbons (Fsp3) is 0.143. The smallest absolute Gasteiger partial charge is 0.222 e. The third-order valence-corrected chi connectivity index (χ3v) is 2.92. The number of amides is 1. The minimum atomic E-state index is -0.545. The van der Waals surface area contributed by atoms with Gasteiger partial charge in [0.1, 0.15) is 11.6 Å². The highest BCUT2D eigenvalue weighted by Gasteiger charge is 2.12. The van der Waals surface area contributed by atoms with Crippen molar-refractivity contribution in [2.75, 3.05) is 5.32 Å². The van der Waals surface area contributed by atoms with Gasteiger partial charge in [0.15, 0.2) is 0 Å². The topological polar surface area (TPSA) is 62.2 Å². The van der Waals surface area contributed by atoms with Gasteiger partial charge in [0.2, 0.25) is 5.91 Å². The molecule has 0 spiro atoms. The molecule has 0 saturated carbocycles. The van der Waals surface area contributed by atoms with E-state index in [1.165, 1.54) is 13.0 Å². The van der Waals surface area contributed by atoms with Crippen molar-refractivity contribution >= 4 is 23.3 Å². The van der Waals surface area contributed by atoms with Crippen molar-refractivity contribution in [1.82, 2.24) is 4.98 Å². The predicted molar refractivity (Wildman–Crippen MR) is 74.9 cm³/mol. The van der Waals surface area contributed by atoms with Crippen LogP contribution in [0.15, 0.2) is 30.5 Å². The number of carbonyl (C=O) groups excluding carboxylic acids is 1. The first-order valence-corrected chi connectivity index (χ1v) is 6.22. The van der Waals surface area contributed by atoms with Crippen LogP contribution < -0.4 is 5.32 Å². The second-order valence-electron chi connectivity index (χ2n) is 4.19. The molecule has 104 valence electrons. The van der Waals surface area contributed by atoms with Crippen LogP contribution in [0.4, 0.5) is 10.2 Å². The van der Waals surface area contributed by atoms with Gasteiger partial charge in [0, 0.05) is 17.5 Å². The Kier molecular flexibility index (Phi) is 4.32. The second kappa shape index (κ2) is 5.98. The number of pyridine rings is 1. The Morgan fingerprint density at radius 3 is 2.80 bits per heavy atom. The van der Waals surface area contributed by atoms with Crippen molar-refractivity contribution in [3.63, 3.8) is 0 Å². The van der Waals surface area contributed by atoms with Gasteiger partial charge >= 0.3 is 0 Å². The normalized spacial score (nSPS) is 10.4. The predicted octanol–water partition coefficient (Wildman–Crippen LogP) is 2.99. The number of halogens is 2. The van der Waals surface area contributed by atoms with Crippen LogP contribution in [-0.4, -0.2) is 16.0 Å². The number of benzene rings is 1.